The SMILES string of the molecule is C1CCC(OC2CCCCO2)OC1.CC1(C)COC2(CCC(C=CC(O)C3CCCCC3)C2CCC2SCCS2)OC1. The second-order valence-electron chi connectivity index (χ2n) is 14.1. The summed E-state index contributed by atoms with van der Waals surface area (Å²) in [5.41, 5.74) is 0.109. The van der Waals surface area contributed by atoms with Crippen LogP contribution < -0.4 is 0 Å². The summed E-state index contributed by atoms with van der Waals surface area (Å²) in [6.45, 7) is 7.73. The molecule has 0 amide bonds. The number of thioether (sulfide) groups is 2. The first-order valence-electron chi connectivity index (χ1n) is 17.2. The summed E-state index contributed by atoms with van der Waals surface area (Å²) in [5, 5.41) is 10.7. The van der Waals surface area contributed by atoms with Crippen LogP contribution in [0, 0.1) is 23.2 Å². The molecular weight excluding hydrogens is 569 g/mol. The van der Waals surface area contributed by atoms with Crippen molar-refractivity contribution in [3.05, 3.63) is 12.2 Å². The molecule has 6 nitrogen and oxygen atoms in total. The van der Waals surface area contributed by atoms with Crippen molar-refractivity contribution in [2.75, 3.05) is 37.9 Å². The van der Waals surface area contributed by atoms with Gasteiger partial charge in [0.05, 0.1) is 23.9 Å². The van der Waals surface area contributed by atoms with Crippen LogP contribution in [-0.4, -0.2) is 72.1 Å². The summed E-state index contributed by atoms with van der Waals surface area (Å²) < 4.78 is 30.4. The number of ether oxygens (including phenoxy) is 5. The van der Waals surface area contributed by atoms with E-state index in [-0.39, 0.29) is 24.1 Å². The molecule has 4 saturated heterocycles. The Morgan fingerprint density at radius 1 is 0.810 bits per heavy atom. The monoisotopic (exact) mass is 626 g/mol. The molecule has 4 aliphatic heterocycles. The minimum absolute atomic E-state index is 0.00292. The van der Waals surface area contributed by atoms with Gasteiger partial charge in [-0.15, -0.1) is 23.5 Å². The smallest absolute Gasteiger partial charge is 0.171 e. The largest absolute Gasteiger partial charge is 0.389 e. The Morgan fingerprint density at radius 3 is 2.02 bits per heavy atom. The predicted octanol–water partition coefficient (Wildman–Crippen LogP) is 7.92. The molecule has 0 aromatic heterocycles. The Bertz CT molecular complexity index is 774. The summed E-state index contributed by atoms with van der Waals surface area (Å²) in [6, 6.07) is 0. The highest BCUT2D eigenvalue weighted by molar-refractivity contribution is 8.20. The lowest BCUT2D eigenvalue weighted by molar-refractivity contribution is -0.316. The molecular formula is C34H58O6S2. The highest BCUT2D eigenvalue weighted by atomic mass is 32.2. The lowest BCUT2D eigenvalue weighted by Gasteiger charge is -2.45. The van der Waals surface area contributed by atoms with E-state index >= 15 is 0 Å². The van der Waals surface area contributed by atoms with Gasteiger partial charge in [0, 0.05) is 42.5 Å². The van der Waals surface area contributed by atoms with Gasteiger partial charge in [-0.25, -0.2) is 0 Å². The topological polar surface area (TPSA) is 66.4 Å². The molecule has 42 heavy (non-hydrogen) atoms. The summed E-state index contributed by atoms with van der Waals surface area (Å²) in [4.78, 5) is 0. The normalized spacial score (nSPS) is 34.8. The van der Waals surface area contributed by atoms with E-state index in [2.05, 4.69) is 49.5 Å². The van der Waals surface area contributed by atoms with E-state index in [4.69, 9.17) is 23.7 Å². The number of aliphatic hydroxyl groups excluding tert-OH is 1. The second-order valence-corrected chi connectivity index (χ2v) is 17.0. The zero-order valence-electron chi connectivity index (χ0n) is 26.4. The van der Waals surface area contributed by atoms with E-state index in [0.29, 0.717) is 17.8 Å². The third-order valence-corrected chi connectivity index (χ3v) is 13.2. The minimum Gasteiger partial charge on any atom is -0.389 e. The van der Waals surface area contributed by atoms with Gasteiger partial charge in [0.1, 0.15) is 0 Å². The van der Waals surface area contributed by atoms with Crippen LogP contribution in [0.3, 0.4) is 0 Å². The van der Waals surface area contributed by atoms with Crippen LogP contribution in [0.25, 0.3) is 0 Å². The molecule has 5 unspecified atom stereocenters. The number of aliphatic hydroxyl groups is 1. The molecule has 6 fully saturated rings. The quantitative estimate of drug-likeness (QED) is 0.273. The molecule has 242 valence electrons. The molecule has 0 radical (unpaired) electrons. The van der Waals surface area contributed by atoms with Gasteiger partial charge in [0.25, 0.3) is 0 Å². The van der Waals surface area contributed by atoms with E-state index in [1.807, 2.05) is 0 Å². The van der Waals surface area contributed by atoms with Gasteiger partial charge in [-0.2, -0.15) is 0 Å². The molecule has 8 heteroatoms. The zero-order chi connectivity index (χ0) is 29.3. The van der Waals surface area contributed by atoms with Crippen molar-refractivity contribution < 1.29 is 28.8 Å². The number of hydrogen-bond acceptors (Lipinski definition) is 8. The van der Waals surface area contributed by atoms with Crippen molar-refractivity contribution in [1.29, 1.82) is 0 Å². The molecule has 6 aliphatic rings. The van der Waals surface area contributed by atoms with Gasteiger partial charge >= 0.3 is 0 Å². The fourth-order valence-electron chi connectivity index (χ4n) is 7.41. The van der Waals surface area contributed by atoms with Gasteiger partial charge in [-0.05, 0) is 82.5 Å². The third-order valence-electron chi connectivity index (χ3n) is 9.99. The lowest BCUT2D eigenvalue weighted by Crippen LogP contribution is -2.50. The van der Waals surface area contributed by atoms with Gasteiger partial charge in [0.15, 0.2) is 18.4 Å². The molecule has 2 saturated carbocycles. The Kier molecular flexibility index (Phi) is 13.3. The van der Waals surface area contributed by atoms with E-state index in [1.54, 1.807) is 0 Å². The molecule has 1 N–H and O–H groups in total. The van der Waals surface area contributed by atoms with Crippen LogP contribution in [0.4, 0.5) is 0 Å². The van der Waals surface area contributed by atoms with E-state index < -0.39 is 5.79 Å². The van der Waals surface area contributed by atoms with Crippen LogP contribution in [0.15, 0.2) is 12.2 Å². The zero-order valence-corrected chi connectivity index (χ0v) is 28.0. The number of allylic oxidation sites excluding steroid dienone is 1. The van der Waals surface area contributed by atoms with Gasteiger partial charge in [0.2, 0.25) is 0 Å². The summed E-state index contributed by atoms with van der Waals surface area (Å²) in [5.74, 6) is 3.53. The summed E-state index contributed by atoms with van der Waals surface area (Å²) in [7, 11) is 0. The molecule has 0 bridgehead atoms. The minimum atomic E-state index is -0.395. The fourth-order valence-corrected chi connectivity index (χ4v) is 10.3. The summed E-state index contributed by atoms with van der Waals surface area (Å²) >= 11 is 4.24. The van der Waals surface area contributed by atoms with E-state index in [0.717, 1.165) is 56.7 Å². The molecule has 0 aromatic carbocycles. The van der Waals surface area contributed by atoms with E-state index in [9.17, 15) is 5.11 Å². The Morgan fingerprint density at radius 2 is 1.43 bits per heavy atom. The average molecular weight is 627 g/mol. The molecule has 6 rings (SSSR count). The maximum absolute atomic E-state index is 10.7. The first kappa shape index (κ1) is 33.6. The van der Waals surface area contributed by atoms with Crippen LogP contribution in [0.2, 0.25) is 0 Å². The maximum Gasteiger partial charge on any atom is 0.171 e. The molecule has 4 heterocycles. The van der Waals surface area contributed by atoms with Crippen molar-refractivity contribution in [2.45, 2.75) is 139 Å². The van der Waals surface area contributed by atoms with Crippen molar-refractivity contribution in [3.63, 3.8) is 0 Å². The molecule has 0 aromatic rings. The standard InChI is InChI=1S/C24H40O3S2.C10H18O3/c1-23(2)16-26-24(27-17-23)13-12-18(20(24)9-11-22-28-14-15-29-22)8-10-21(25)19-6-4-3-5-7-19;1-3-7-11-9(5-1)13-10-6-2-4-8-12-10/h8,10,18-22,25H,3-7,9,11-17H2,1-2H3;9-10H,1-8H2. The summed E-state index contributed by atoms with van der Waals surface area (Å²) in [6.07, 6.45) is 21.8. The predicted molar refractivity (Wildman–Crippen MR) is 173 cm³/mol. The fraction of sp³-hybridized carbons (Fsp3) is 0.941. The Labute approximate surface area is 264 Å². The Balaban J connectivity index is 0.000000226. The van der Waals surface area contributed by atoms with Crippen molar-refractivity contribution in [2.24, 2.45) is 23.2 Å². The van der Waals surface area contributed by atoms with Crippen molar-refractivity contribution >= 4 is 23.5 Å². The first-order valence-corrected chi connectivity index (χ1v) is 19.3. The van der Waals surface area contributed by atoms with E-state index in [1.165, 1.54) is 82.1 Å². The van der Waals surface area contributed by atoms with Crippen LogP contribution in [0.1, 0.15) is 110 Å². The van der Waals surface area contributed by atoms with Gasteiger partial charge in [-0.1, -0.05) is 45.3 Å². The van der Waals surface area contributed by atoms with Gasteiger partial charge < -0.3 is 28.8 Å². The van der Waals surface area contributed by atoms with Crippen LogP contribution in [-0.2, 0) is 23.7 Å². The van der Waals surface area contributed by atoms with Gasteiger partial charge in [-0.3, -0.25) is 0 Å². The highest BCUT2D eigenvalue weighted by Gasteiger charge is 2.53. The first-order chi connectivity index (χ1) is 20.4. The maximum atomic E-state index is 10.7. The van der Waals surface area contributed by atoms with Crippen molar-refractivity contribution in [3.8, 4) is 0 Å². The lowest BCUT2D eigenvalue weighted by atomic mass is 9.83. The second kappa shape index (κ2) is 16.7. The van der Waals surface area contributed by atoms with Crippen LogP contribution >= 0.6 is 23.5 Å². The molecule has 1 spiro atoms. The average Bonchev–Trinajstić information content (AvgIpc) is 3.66. The third kappa shape index (κ3) is 9.85. The van der Waals surface area contributed by atoms with Crippen molar-refractivity contribution in [1.82, 2.24) is 0 Å². The molecule has 5 atom stereocenters. The Hall–Kier alpha value is 0.200. The highest BCUT2D eigenvalue weighted by Crippen LogP contribution is 2.51. The number of hydrogen-bond donors (Lipinski definition) is 1. The number of rotatable bonds is 8. The molecule has 2 aliphatic carbocycles. The van der Waals surface area contributed by atoms with Crippen LogP contribution in [0.5, 0.6) is 0 Å².